The van der Waals surface area contributed by atoms with Crippen molar-refractivity contribution in [3.8, 4) is 22.3 Å². The minimum atomic E-state index is 0.919. The zero-order chi connectivity index (χ0) is 33.8. The molecule has 0 aliphatic carbocycles. The fraction of sp³-hybridized carbons (Fsp3) is 0.0870. The molecule has 0 bridgehead atoms. The van der Waals surface area contributed by atoms with Crippen LogP contribution in [0.15, 0.2) is 202 Å². The number of hydrogen-bond donors (Lipinski definition) is 0. The highest BCUT2D eigenvalue weighted by molar-refractivity contribution is 8.02. The van der Waals surface area contributed by atoms with E-state index in [-0.39, 0.29) is 0 Å². The van der Waals surface area contributed by atoms with Gasteiger partial charge < -0.3 is 0 Å². The quantitative estimate of drug-likeness (QED) is 0.103. The van der Waals surface area contributed by atoms with E-state index in [2.05, 4.69) is 182 Å². The molecule has 7 aromatic rings. The summed E-state index contributed by atoms with van der Waals surface area (Å²) in [6.07, 6.45) is 0. The minimum absolute atomic E-state index is 0.919. The molecule has 0 heterocycles. The Bertz CT molecular complexity index is 1940. The Balaban J connectivity index is 1.29. The van der Waals surface area contributed by atoms with Gasteiger partial charge in [-0.05, 0) is 56.6 Å². The molecule has 0 unspecified atom stereocenters. The van der Waals surface area contributed by atoms with Crippen LogP contribution in [-0.2, 0) is 23.0 Å². The summed E-state index contributed by atoms with van der Waals surface area (Å²) >= 11 is 7.77. The van der Waals surface area contributed by atoms with E-state index >= 15 is 0 Å². The molecule has 7 aromatic carbocycles. The molecule has 0 fully saturated rings. The van der Waals surface area contributed by atoms with Crippen molar-refractivity contribution in [1.82, 2.24) is 0 Å². The van der Waals surface area contributed by atoms with E-state index in [0.29, 0.717) is 0 Å². The van der Waals surface area contributed by atoms with Gasteiger partial charge in [-0.15, -0.1) is 47.0 Å². The third kappa shape index (κ3) is 8.99. The normalized spacial score (nSPS) is 11.0. The molecular weight excluding hydrogens is 681 g/mol. The predicted molar refractivity (Wildman–Crippen MR) is 221 cm³/mol. The fourth-order valence-corrected chi connectivity index (χ4v) is 10.5. The van der Waals surface area contributed by atoms with E-state index in [1.54, 1.807) is 0 Å². The molecule has 0 spiro atoms. The van der Waals surface area contributed by atoms with Crippen LogP contribution in [0.4, 0.5) is 0 Å². The lowest BCUT2D eigenvalue weighted by molar-refractivity contribution is 1.22. The Morgan fingerprint density at radius 1 is 0.240 bits per heavy atom. The molecule has 0 nitrogen and oxygen atoms in total. The highest BCUT2D eigenvalue weighted by Gasteiger charge is 2.19. The van der Waals surface area contributed by atoms with Crippen LogP contribution in [0.2, 0.25) is 0 Å². The van der Waals surface area contributed by atoms with Crippen molar-refractivity contribution in [3.63, 3.8) is 0 Å². The van der Waals surface area contributed by atoms with Gasteiger partial charge >= 0.3 is 0 Å². The molecule has 0 saturated heterocycles. The molecule has 0 amide bonds. The lowest BCUT2D eigenvalue weighted by Gasteiger charge is -2.20. The van der Waals surface area contributed by atoms with Gasteiger partial charge in [0.2, 0.25) is 0 Å². The van der Waals surface area contributed by atoms with Crippen LogP contribution < -0.4 is 0 Å². The van der Waals surface area contributed by atoms with Crippen molar-refractivity contribution in [2.75, 3.05) is 0 Å². The minimum Gasteiger partial charge on any atom is -0.120 e. The summed E-state index contributed by atoms with van der Waals surface area (Å²) in [5.41, 5.74) is 10.5. The Kier molecular flexibility index (Phi) is 12.2. The van der Waals surface area contributed by atoms with Gasteiger partial charge in [0.15, 0.2) is 0 Å². The van der Waals surface area contributed by atoms with Crippen molar-refractivity contribution in [2.24, 2.45) is 0 Å². The smallest absolute Gasteiger partial charge is 0.0290 e. The average Bonchev–Trinajstić information content (AvgIpc) is 3.19. The van der Waals surface area contributed by atoms with Gasteiger partial charge in [0, 0.05) is 42.6 Å². The van der Waals surface area contributed by atoms with Crippen molar-refractivity contribution in [2.45, 2.75) is 42.6 Å². The number of rotatable bonds is 14. The number of benzene rings is 7. The molecule has 4 heteroatoms. The second-order valence-electron chi connectivity index (χ2n) is 11.9. The largest absolute Gasteiger partial charge is 0.120 e. The number of thioether (sulfide) groups is 4. The van der Waals surface area contributed by atoms with E-state index in [0.717, 1.165) is 23.0 Å². The zero-order valence-corrected chi connectivity index (χ0v) is 31.0. The lowest BCUT2D eigenvalue weighted by Crippen LogP contribution is -1.94. The third-order valence-corrected chi connectivity index (χ3v) is 13.3. The zero-order valence-electron chi connectivity index (χ0n) is 27.8. The summed E-state index contributed by atoms with van der Waals surface area (Å²) in [5.74, 6) is 3.71. The third-order valence-electron chi connectivity index (χ3n) is 8.39. The van der Waals surface area contributed by atoms with Gasteiger partial charge in [0.05, 0.1) is 0 Å². The predicted octanol–water partition coefficient (Wildman–Crippen LogP) is 14.2. The van der Waals surface area contributed by atoms with Gasteiger partial charge in [0.1, 0.15) is 0 Å². The van der Waals surface area contributed by atoms with E-state index in [1.807, 2.05) is 47.0 Å². The molecule has 0 aliphatic rings. The standard InChI is InChI=1S/C46H38S4/c1-5-17-35(18-6-1)31-47-43-29-15-27-41(45(43)49-33-37-21-9-3-10-22-37)39-25-13-14-26-40(39)42-28-16-30-44(48-32-36-19-7-2-8-20-36)46(42)50-34-38-23-11-4-12-24-38/h1-30H,31-34H2. The molecule has 0 aliphatic heterocycles. The summed E-state index contributed by atoms with van der Waals surface area (Å²) in [7, 11) is 0. The summed E-state index contributed by atoms with van der Waals surface area (Å²) < 4.78 is 0. The monoisotopic (exact) mass is 718 g/mol. The number of hydrogen-bond acceptors (Lipinski definition) is 4. The van der Waals surface area contributed by atoms with Gasteiger partial charge in [0.25, 0.3) is 0 Å². The second kappa shape index (κ2) is 17.7. The fourth-order valence-electron chi connectivity index (χ4n) is 5.86. The first-order valence-corrected chi connectivity index (χ1v) is 20.8. The summed E-state index contributed by atoms with van der Waals surface area (Å²) in [5, 5.41) is 0. The van der Waals surface area contributed by atoms with Gasteiger partial charge in [-0.3, -0.25) is 0 Å². The molecule has 0 aromatic heterocycles. The molecule has 7 rings (SSSR count). The van der Waals surface area contributed by atoms with Gasteiger partial charge in [-0.25, -0.2) is 0 Å². The highest BCUT2D eigenvalue weighted by atomic mass is 32.2. The van der Waals surface area contributed by atoms with Crippen molar-refractivity contribution in [3.05, 3.63) is 204 Å². The van der Waals surface area contributed by atoms with Crippen LogP contribution in [0.3, 0.4) is 0 Å². The van der Waals surface area contributed by atoms with E-state index in [9.17, 15) is 0 Å². The van der Waals surface area contributed by atoms with Crippen molar-refractivity contribution in [1.29, 1.82) is 0 Å². The molecule has 0 radical (unpaired) electrons. The second-order valence-corrected chi connectivity index (χ2v) is 15.9. The first-order valence-electron chi connectivity index (χ1n) is 16.8. The topological polar surface area (TPSA) is 0 Å². The Morgan fingerprint density at radius 2 is 0.520 bits per heavy atom. The molecular formula is C46H38S4. The average molecular weight is 719 g/mol. The summed E-state index contributed by atoms with van der Waals surface area (Å²) in [4.78, 5) is 5.34. The van der Waals surface area contributed by atoms with Crippen molar-refractivity contribution >= 4 is 47.0 Å². The maximum atomic E-state index is 2.32. The van der Waals surface area contributed by atoms with E-state index < -0.39 is 0 Å². The van der Waals surface area contributed by atoms with Crippen LogP contribution in [-0.4, -0.2) is 0 Å². The summed E-state index contributed by atoms with van der Waals surface area (Å²) in [6, 6.07) is 66.0. The van der Waals surface area contributed by atoms with Crippen LogP contribution >= 0.6 is 47.0 Å². The maximum absolute atomic E-state index is 2.32. The van der Waals surface area contributed by atoms with Crippen molar-refractivity contribution < 1.29 is 0 Å². The molecule has 0 saturated carbocycles. The summed E-state index contributed by atoms with van der Waals surface area (Å²) in [6.45, 7) is 0. The molecule has 50 heavy (non-hydrogen) atoms. The molecule has 0 atom stereocenters. The lowest BCUT2D eigenvalue weighted by atomic mass is 9.94. The molecule has 0 N–H and O–H groups in total. The maximum Gasteiger partial charge on any atom is 0.0290 e. The Hall–Kier alpha value is -4.06. The van der Waals surface area contributed by atoms with Crippen LogP contribution in [0.25, 0.3) is 22.3 Å². The molecule has 246 valence electrons. The highest BCUT2D eigenvalue weighted by Crippen LogP contribution is 2.47. The first-order chi connectivity index (χ1) is 24.8. The van der Waals surface area contributed by atoms with Gasteiger partial charge in [-0.1, -0.05) is 170 Å². The Morgan fingerprint density at radius 3 is 0.860 bits per heavy atom. The van der Waals surface area contributed by atoms with Crippen LogP contribution in [0.5, 0.6) is 0 Å². The first kappa shape index (κ1) is 34.4. The van der Waals surface area contributed by atoms with Crippen LogP contribution in [0.1, 0.15) is 22.3 Å². The van der Waals surface area contributed by atoms with E-state index in [1.165, 1.54) is 64.1 Å². The van der Waals surface area contributed by atoms with Crippen LogP contribution in [0, 0.1) is 0 Å². The van der Waals surface area contributed by atoms with Gasteiger partial charge in [-0.2, -0.15) is 0 Å². The Labute approximate surface area is 314 Å². The SMILES string of the molecule is c1ccc(CSc2cccc(-c3ccccc3-c3cccc(SCc4ccccc4)c3SCc3ccccc3)c2SCc2ccccc2)cc1. The van der Waals surface area contributed by atoms with E-state index in [4.69, 9.17) is 0 Å².